The predicted octanol–water partition coefficient (Wildman–Crippen LogP) is 4.10. The van der Waals surface area contributed by atoms with Gasteiger partial charge in [0.15, 0.2) is 11.5 Å². The van der Waals surface area contributed by atoms with Gasteiger partial charge in [-0.15, -0.1) is 0 Å². The molecule has 0 fully saturated rings. The molecule has 0 aliphatic rings. The highest BCUT2D eigenvalue weighted by atomic mass is 35.5. The Morgan fingerprint density at radius 1 is 1.19 bits per heavy atom. The second-order valence-corrected chi connectivity index (χ2v) is 5.57. The predicted molar refractivity (Wildman–Crippen MR) is 100 cm³/mol. The van der Waals surface area contributed by atoms with Crippen molar-refractivity contribution in [2.75, 3.05) is 19.0 Å². The number of carboxylic acids is 1. The van der Waals surface area contributed by atoms with E-state index in [2.05, 4.69) is 5.32 Å². The van der Waals surface area contributed by atoms with Crippen molar-refractivity contribution in [1.82, 2.24) is 0 Å². The van der Waals surface area contributed by atoms with E-state index in [9.17, 15) is 9.59 Å². The highest BCUT2D eigenvalue weighted by Gasteiger charge is 2.09. The summed E-state index contributed by atoms with van der Waals surface area (Å²) in [4.78, 5) is 23.1. The average Bonchev–Trinajstić information content (AvgIpc) is 2.62. The zero-order chi connectivity index (χ0) is 19.1. The SMILES string of the molecule is CCOc1ccc(/C=C/C(=O)Nc2cc(C(=O)O)ccc2Cl)cc1OC. The smallest absolute Gasteiger partial charge is 0.335 e. The van der Waals surface area contributed by atoms with Crippen molar-refractivity contribution < 1.29 is 24.2 Å². The standard InChI is InChI=1S/C19H18ClNO5/c1-3-26-16-8-4-12(10-17(16)25-2)5-9-18(22)21-15-11-13(19(23)24)6-7-14(15)20/h4-11H,3H2,1-2H3,(H,21,22)(H,23,24)/b9-5+. The highest BCUT2D eigenvalue weighted by molar-refractivity contribution is 6.34. The van der Waals surface area contributed by atoms with Crippen LogP contribution in [-0.2, 0) is 4.79 Å². The van der Waals surface area contributed by atoms with Gasteiger partial charge in [-0.3, -0.25) is 4.79 Å². The minimum absolute atomic E-state index is 0.0323. The second kappa shape index (κ2) is 8.92. The molecule has 2 aromatic rings. The van der Waals surface area contributed by atoms with Crippen LogP contribution in [0.25, 0.3) is 6.08 Å². The van der Waals surface area contributed by atoms with Crippen LogP contribution in [-0.4, -0.2) is 30.7 Å². The number of nitrogens with one attached hydrogen (secondary N) is 1. The molecule has 7 heteroatoms. The number of amides is 1. The molecule has 2 rings (SSSR count). The molecule has 0 heterocycles. The summed E-state index contributed by atoms with van der Waals surface area (Å²) in [5.41, 5.74) is 1.00. The van der Waals surface area contributed by atoms with Gasteiger partial charge in [-0.1, -0.05) is 17.7 Å². The van der Waals surface area contributed by atoms with Crippen molar-refractivity contribution in [3.05, 3.63) is 58.6 Å². The van der Waals surface area contributed by atoms with Gasteiger partial charge in [-0.05, 0) is 48.9 Å². The van der Waals surface area contributed by atoms with E-state index in [1.54, 1.807) is 24.3 Å². The number of halogens is 1. The molecule has 0 radical (unpaired) electrons. The molecule has 2 N–H and O–H groups in total. The number of methoxy groups -OCH3 is 1. The summed E-state index contributed by atoms with van der Waals surface area (Å²) < 4.78 is 10.7. The number of carboxylic acid groups (broad SMARTS) is 1. The third-order valence-electron chi connectivity index (χ3n) is 3.39. The van der Waals surface area contributed by atoms with Crippen LogP contribution in [0.4, 0.5) is 5.69 Å². The van der Waals surface area contributed by atoms with Gasteiger partial charge < -0.3 is 19.9 Å². The van der Waals surface area contributed by atoms with E-state index in [0.29, 0.717) is 18.1 Å². The van der Waals surface area contributed by atoms with E-state index >= 15 is 0 Å². The number of hydrogen-bond acceptors (Lipinski definition) is 4. The van der Waals surface area contributed by atoms with Gasteiger partial charge in [0.25, 0.3) is 0 Å². The maximum absolute atomic E-state index is 12.1. The summed E-state index contributed by atoms with van der Waals surface area (Å²) in [6, 6.07) is 9.37. The Balaban J connectivity index is 2.12. The Labute approximate surface area is 156 Å². The summed E-state index contributed by atoms with van der Waals surface area (Å²) in [7, 11) is 1.54. The molecular formula is C19H18ClNO5. The third kappa shape index (κ3) is 5.00. The minimum atomic E-state index is -1.10. The fraction of sp³-hybridized carbons (Fsp3) is 0.158. The molecule has 0 unspecified atom stereocenters. The van der Waals surface area contributed by atoms with Crippen LogP contribution >= 0.6 is 11.6 Å². The zero-order valence-electron chi connectivity index (χ0n) is 14.3. The molecule has 0 aromatic heterocycles. The van der Waals surface area contributed by atoms with Gasteiger partial charge in [-0.2, -0.15) is 0 Å². The normalized spacial score (nSPS) is 10.6. The maximum atomic E-state index is 12.1. The summed E-state index contributed by atoms with van der Waals surface area (Å²) in [5.74, 6) is -0.364. The summed E-state index contributed by atoms with van der Waals surface area (Å²) in [6.07, 6.45) is 2.92. The van der Waals surface area contributed by atoms with Crippen molar-refractivity contribution in [1.29, 1.82) is 0 Å². The van der Waals surface area contributed by atoms with E-state index in [1.807, 2.05) is 6.92 Å². The van der Waals surface area contributed by atoms with Crippen molar-refractivity contribution in [3.8, 4) is 11.5 Å². The van der Waals surface area contributed by atoms with Crippen LogP contribution in [0.1, 0.15) is 22.8 Å². The molecule has 2 aromatic carbocycles. The molecule has 26 heavy (non-hydrogen) atoms. The van der Waals surface area contributed by atoms with E-state index in [0.717, 1.165) is 5.56 Å². The van der Waals surface area contributed by atoms with Crippen LogP contribution in [0, 0.1) is 0 Å². The molecule has 0 aliphatic carbocycles. The lowest BCUT2D eigenvalue weighted by Crippen LogP contribution is -2.09. The summed E-state index contributed by atoms with van der Waals surface area (Å²) in [5, 5.41) is 11.8. The minimum Gasteiger partial charge on any atom is -0.493 e. The Kier molecular flexibility index (Phi) is 6.63. The van der Waals surface area contributed by atoms with Crippen LogP contribution in [0.5, 0.6) is 11.5 Å². The molecule has 0 saturated carbocycles. The number of carbonyl (C=O) groups is 2. The largest absolute Gasteiger partial charge is 0.493 e. The fourth-order valence-electron chi connectivity index (χ4n) is 2.16. The van der Waals surface area contributed by atoms with Gasteiger partial charge >= 0.3 is 5.97 Å². The molecule has 0 bridgehead atoms. The maximum Gasteiger partial charge on any atom is 0.335 e. The van der Waals surface area contributed by atoms with Crippen LogP contribution < -0.4 is 14.8 Å². The highest BCUT2D eigenvalue weighted by Crippen LogP contribution is 2.28. The molecular weight excluding hydrogens is 358 g/mol. The lowest BCUT2D eigenvalue weighted by molar-refractivity contribution is -0.111. The fourth-order valence-corrected chi connectivity index (χ4v) is 2.33. The van der Waals surface area contributed by atoms with Crippen molar-refractivity contribution >= 4 is 35.2 Å². The third-order valence-corrected chi connectivity index (χ3v) is 3.72. The lowest BCUT2D eigenvalue weighted by atomic mass is 10.1. The Bertz CT molecular complexity index is 848. The molecule has 0 aliphatic heterocycles. The van der Waals surface area contributed by atoms with Crippen LogP contribution in [0.2, 0.25) is 5.02 Å². The van der Waals surface area contributed by atoms with Crippen LogP contribution in [0.3, 0.4) is 0 Å². The van der Waals surface area contributed by atoms with Crippen molar-refractivity contribution in [2.45, 2.75) is 6.92 Å². The van der Waals surface area contributed by atoms with E-state index in [4.69, 9.17) is 26.2 Å². The number of carbonyl (C=O) groups excluding carboxylic acids is 1. The van der Waals surface area contributed by atoms with Gasteiger partial charge in [-0.25, -0.2) is 4.79 Å². The topological polar surface area (TPSA) is 84.9 Å². The number of rotatable bonds is 7. The van der Waals surface area contributed by atoms with E-state index in [1.165, 1.54) is 31.4 Å². The monoisotopic (exact) mass is 375 g/mol. The second-order valence-electron chi connectivity index (χ2n) is 5.17. The Morgan fingerprint density at radius 3 is 2.62 bits per heavy atom. The number of anilines is 1. The molecule has 1 amide bonds. The van der Waals surface area contributed by atoms with Gasteiger partial charge in [0, 0.05) is 6.08 Å². The summed E-state index contributed by atoms with van der Waals surface area (Å²) >= 11 is 5.99. The van der Waals surface area contributed by atoms with Crippen molar-refractivity contribution in [3.63, 3.8) is 0 Å². The van der Waals surface area contributed by atoms with Gasteiger partial charge in [0.2, 0.25) is 5.91 Å². The molecule has 6 nitrogen and oxygen atoms in total. The lowest BCUT2D eigenvalue weighted by Gasteiger charge is -2.09. The Morgan fingerprint density at radius 2 is 1.96 bits per heavy atom. The van der Waals surface area contributed by atoms with Crippen LogP contribution in [0.15, 0.2) is 42.5 Å². The number of aromatic carboxylic acids is 1. The van der Waals surface area contributed by atoms with Gasteiger partial charge in [0.05, 0.1) is 30.0 Å². The average molecular weight is 376 g/mol. The molecule has 136 valence electrons. The molecule has 0 spiro atoms. The van der Waals surface area contributed by atoms with E-state index in [-0.39, 0.29) is 16.3 Å². The molecule has 0 atom stereocenters. The first-order chi connectivity index (χ1) is 12.4. The summed E-state index contributed by atoms with van der Waals surface area (Å²) in [6.45, 7) is 2.40. The first kappa shape index (κ1) is 19.3. The van der Waals surface area contributed by atoms with Gasteiger partial charge in [0.1, 0.15) is 0 Å². The quantitative estimate of drug-likeness (QED) is 0.712. The van der Waals surface area contributed by atoms with E-state index < -0.39 is 11.9 Å². The Hall–Kier alpha value is -2.99. The van der Waals surface area contributed by atoms with Crippen molar-refractivity contribution in [2.24, 2.45) is 0 Å². The number of hydrogen-bond donors (Lipinski definition) is 2. The first-order valence-electron chi connectivity index (χ1n) is 7.77. The number of ether oxygens (including phenoxy) is 2. The first-order valence-corrected chi connectivity index (χ1v) is 8.15. The zero-order valence-corrected chi connectivity index (χ0v) is 15.0. The number of benzene rings is 2. The molecule has 0 saturated heterocycles.